The Morgan fingerprint density at radius 3 is 1.36 bits per heavy atom. The minimum absolute atomic E-state index is 0.334. The maximum atomic E-state index is 6.80. The number of rotatable bonds is 33. The summed E-state index contributed by atoms with van der Waals surface area (Å²) >= 11 is 0. The molecular formula is C44H81NO2. The monoisotopic (exact) mass is 656 g/mol. The third-order valence-electron chi connectivity index (χ3n) is 9.60. The van der Waals surface area contributed by atoms with E-state index in [0.29, 0.717) is 6.10 Å². The van der Waals surface area contributed by atoms with Gasteiger partial charge >= 0.3 is 0 Å². The van der Waals surface area contributed by atoms with E-state index in [4.69, 9.17) is 9.47 Å². The lowest BCUT2D eigenvalue weighted by molar-refractivity contribution is -0.301. The number of nitrogens with zero attached hydrogens (tertiary/aromatic N) is 1. The SMILES string of the molecule is CCCCCC=CC/C=C\CCCCCCCCC1(CCCCCCCC/C=C\CC=CCCCCC)OCCC(CCN(C)C)O1. The van der Waals surface area contributed by atoms with Crippen LogP contribution in [0, 0.1) is 0 Å². The molecule has 1 rings (SSSR count). The fraction of sp³-hybridized carbons (Fsp3) is 0.818. The van der Waals surface area contributed by atoms with Crippen molar-refractivity contribution in [1.29, 1.82) is 0 Å². The van der Waals surface area contributed by atoms with E-state index in [1.807, 2.05) is 0 Å². The molecule has 1 unspecified atom stereocenters. The van der Waals surface area contributed by atoms with Crippen LogP contribution in [0.2, 0.25) is 0 Å². The van der Waals surface area contributed by atoms with Crippen LogP contribution in [0.3, 0.4) is 0 Å². The van der Waals surface area contributed by atoms with Crippen molar-refractivity contribution in [2.24, 2.45) is 0 Å². The second-order valence-corrected chi connectivity index (χ2v) is 14.5. The molecule has 1 aliphatic rings. The smallest absolute Gasteiger partial charge is 0.168 e. The standard InChI is InChI=1S/C44H81NO2/c1-5-7-9-11-13-15-17-19-21-23-25-27-29-31-33-35-39-44(46-42-38-43(47-44)37-41-45(3)4)40-36-34-32-30-28-26-24-22-20-18-16-14-12-10-8-6-2/h13-16,19-22,43H,5-12,17-18,23-42H2,1-4H3/b15-13?,16-14?,21-19-,22-20-. The maximum absolute atomic E-state index is 6.80. The van der Waals surface area contributed by atoms with Gasteiger partial charge in [-0.25, -0.2) is 0 Å². The van der Waals surface area contributed by atoms with Crippen LogP contribution in [0.25, 0.3) is 0 Å². The van der Waals surface area contributed by atoms with Crippen LogP contribution in [0.1, 0.15) is 194 Å². The minimum Gasteiger partial charge on any atom is -0.350 e. The second-order valence-electron chi connectivity index (χ2n) is 14.5. The van der Waals surface area contributed by atoms with Crippen molar-refractivity contribution in [3.63, 3.8) is 0 Å². The van der Waals surface area contributed by atoms with Gasteiger partial charge in [-0.1, -0.05) is 140 Å². The zero-order chi connectivity index (χ0) is 33.9. The van der Waals surface area contributed by atoms with Gasteiger partial charge in [-0.05, 0) is 111 Å². The summed E-state index contributed by atoms with van der Waals surface area (Å²) in [4.78, 5) is 2.28. The molecule has 0 radical (unpaired) electrons. The van der Waals surface area contributed by atoms with E-state index < -0.39 is 0 Å². The molecule has 1 aliphatic heterocycles. The molecule has 0 aromatic rings. The third kappa shape index (κ3) is 28.4. The highest BCUT2D eigenvalue weighted by Gasteiger charge is 2.37. The first kappa shape index (κ1) is 43.9. The summed E-state index contributed by atoms with van der Waals surface area (Å²) in [6, 6.07) is 0. The summed E-state index contributed by atoms with van der Waals surface area (Å²) in [5.74, 6) is -0.334. The van der Waals surface area contributed by atoms with Gasteiger partial charge in [0.1, 0.15) is 0 Å². The fourth-order valence-electron chi connectivity index (χ4n) is 6.53. The van der Waals surface area contributed by atoms with Crippen LogP contribution in [-0.4, -0.2) is 44.0 Å². The van der Waals surface area contributed by atoms with Gasteiger partial charge in [0, 0.05) is 12.8 Å². The summed E-state index contributed by atoms with van der Waals surface area (Å²) in [6.45, 7) is 6.50. The molecule has 1 saturated heterocycles. The van der Waals surface area contributed by atoms with Gasteiger partial charge in [-0.2, -0.15) is 0 Å². The third-order valence-corrected chi connectivity index (χ3v) is 9.60. The average molecular weight is 656 g/mol. The Hall–Kier alpha value is -1.16. The Balaban J connectivity index is 2.22. The Bertz CT molecular complexity index is 719. The van der Waals surface area contributed by atoms with Gasteiger partial charge in [-0.3, -0.25) is 0 Å². The lowest BCUT2D eigenvalue weighted by Gasteiger charge is -2.42. The highest BCUT2D eigenvalue weighted by molar-refractivity contribution is 4.93. The fourth-order valence-corrected chi connectivity index (χ4v) is 6.53. The summed E-state index contributed by atoms with van der Waals surface area (Å²) in [6.07, 6.45) is 54.5. The lowest BCUT2D eigenvalue weighted by Crippen LogP contribution is -2.45. The molecule has 1 heterocycles. The Morgan fingerprint density at radius 1 is 0.532 bits per heavy atom. The van der Waals surface area contributed by atoms with Crippen LogP contribution < -0.4 is 0 Å². The van der Waals surface area contributed by atoms with Crippen molar-refractivity contribution in [3.05, 3.63) is 48.6 Å². The molecule has 0 spiro atoms. The molecule has 3 heteroatoms. The van der Waals surface area contributed by atoms with Crippen molar-refractivity contribution in [2.45, 2.75) is 206 Å². The Kier molecular flexibility index (Phi) is 31.1. The summed E-state index contributed by atoms with van der Waals surface area (Å²) in [7, 11) is 4.33. The van der Waals surface area contributed by atoms with Crippen LogP contribution in [0.15, 0.2) is 48.6 Å². The molecule has 0 amide bonds. The Labute approximate surface area is 295 Å². The summed E-state index contributed by atoms with van der Waals surface area (Å²) < 4.78 is 13.3. The zero-order valence-corrected chi connectivity index (χ0v) is 32.2. The van der Waals surface area contributed by atoms with Gasteiger partial charge in [-0.15, -0.1) is 0 Å². The van der Waals surface area contributed by atoms with Gasteiger partial charge in [0.15, 0.2) is 5.79 Å². The average Bonchev–Trinajstić information content (AvgIpc) is 3.07. The largest absolute Gasteiger partial charge is 0.350 e. The van der Waals surface area contributed by atoms with Crippen molar-refractivity contribution in [3.8, 4) is 0 Å². The number of ether oxygens (including phenoxy) is 2. The van der Waals surface area contributed by atoms with E-state index in [1.54, 1.807) is 0 Å². The first-order valence-corrected chi connectivity index (χ1v) is 20.7. The number of unbranched alkanes of at least 4 members (excludes halogenated alkanes) is 18. The molecule has 0 aromatic carbocycles. The quantitative estimate of drug-likeness (QED) is 0.0519. The number of hydrogen-bond donors (Lipinski definition) is 0. The predicted molar refractivity (Wildman–Crippen MR) is 209 cm³/mol. The molecule has 0 N–H and O–H groups in total. The van der Waals surface area contributed by atoms with Gasteiger partial charge < -0.3 is 14.4 Å². The van der Waals surface area contributed by atoms with Crippen molar-refractivity contribution < 1.29 is 9.47 Å². The molecule has 1 fully saturated rings. The molecule has 0 aromatic heterocycles. The topological polar surface area (TPSA) is 21.7 Å². The Morgan fingerprint density at radius 2 is 0.936 bits per heavy atom. The highest BCUT2D eigenvalue weighted by Crippen LogP contribution is 2.35. The molecule has 0 saturated carbocycles. The molecule has 274 valence electrons. The summed E-state index contributed by atoms with van der Waals surface area (Å²) in [5.41, 5.74) is 0. The van der Waals surface area contributed by atoms with Crippen molar-refractivity contribution >= 4 is 0 Å². The number of allylic oxidation sites excluding steroid dienone is 8. The zero-order valence-electron chi connectivity index (χ0n) is 32.2. The molecule has 47 heavy (non-hydrogen) atoms. The molecule has 0 aliphatic carbocycles. The van der Waals surface area contributed by atoms with Crippen LogP contribution in [-0.2, 0) is 9.47 Å². The van der Waals surface area contributed by atoms with E-state index >= 15 is 0 Å². The summed E-state index contributed by atoms with van der Waals surface area (Å²) in [5, 5.41) is 0. The normalized spacial score (nSPS) is 19.1. The van der Waals surface area contributed by atoms with Gasteiger partial charge in [0.05, 0.1) is 12.7 Å². The van der Waals surface area contributed by atoms with E-state index in [-0.39, 0.29) is 5.79 Å². The first-order chi connectivity index (χ1) is 23.1. The molecule has 1 atom stereocenters. The predicted octanol–water partition coefficient (Wildman–Crippen LogP) is 13.8. The van der Waals surface area contributed by atoms with E-state index in [2.05, 4.69) is 81.5 Å². The first-order valence-electron chi connectivity index (χ1n) is 20.7. The van der Waals surface area contributed by atoms with Gasteiger partial charge in [0.25, 0.3) is 0 Å². The van der Waals surface area contributed by atoms with E-state index in [1.165, 1.54) is 141 Å². The van der Waals surface area contributed by atoms with Crippen LogP contribution >= 0.6 is 0 Å². The molecular weight excluding hydrogens is 574 g/mol. The minimum atomic E-state index is -0.334. The highest BCUT2D eigenvalue weighted by atomic mass is 16.7. The van der Waals surface area contributed by atoms with E-state index in [9.17, 15) is 0 Å². The van der Waals surface area contributed by atoms with Crippen molar-refractivity contribution in [1.82, 2.24) is 4.90 Å². The lowest BCUT2D eigenvalue weighted by atomic mass is 9.97. The molecule has 3 nitrogen and oxygen atoms in total. The van der Waals surface area contributed by atoms with Crippen molar-refractivity contribution in [2.75, 3.05) is 27.2 Å². The van der Waals surface area contributed by atoms with Crippen LogP contribution in [0.4, 0.5) is 0 Å². The molecule has 0 bridgehead atoms. The number of hydrogen-bond acceptors (Lipinski definition) is 3. The van der Waals surface area contributed by atoms with Crippen LogP contribution in [0.5, 0.6) is 0 Å². The maximum Gasteiger partial charge on any atom is 0.168 e. The second kappa shape index (κ2) is 33.3. The van der Waals surface area contributed by atoms with Gasteiger partial charge in [0.2, 0.25) is 0 Å². The van der Waals surface area contributed by atoms with E-state index in [0.717, 1.165) is 51.7 Å².